The number of alkyl halides is 3. The van der Waals surface area contributed by atoms with E-state index in [1.54, 1.807) is 37.4 Å². The molecular formula is C24H17F3N4O2S. The van der Waals surface area contributed by atoms with Crippen LogP contribution in [0.5, 0.6) is 0 Å². The van der Waals surface area contributed by atoms with Crippen molar-refractivity contribution in [3.63, 3.8) is 0 Å². The van der Waals surface area contributed by atoms with E-state index in [9.17, 15) is 22.8 Å². The Morgan fingerprint density at radius 3 is 2.29 bits per heavy atom. The first-order valence-corrected chi connectivity index (χ1v) is 10.8. The minimum Gasteiger partial charge on any atom is -0.322 e. The molecule has 0 bridgehead atoms. The van der Waals surface area contributed by atoms with Gasteiger partial charge in [0.05, 0.1) is 17.0 Å². The zero-order valence-corrected chi connectivity index (χ0v) is 18.5. The largest absolute Gasteiger partial charge is 0.416 e. The molecule has 0 aliphatic rings. The van der Waals surface area contributed by atoms with Crippen molar-refractivity contribution in [2.75, 3.05) is 10.6 Å². The Kier molecular flexibility index (Phi) is 6.42. The number of aryl methyl sites for hydroxylation is 1. The van der Waals surface area contributed by atoms with Crippen LogP contribution in [0.15, 0.2) is 72.9 Å². The first-order valence-electron chi connectivity index (χ1n) is 9.99. The highest BCUT2D eigenvalue weighted by Crippen LogP contribution is 2.31. The van der Waals surface area contributed by atoms with Gasteiger partial charge >= 0.3 is 6.18 Å². The van der Waals surface area contributed by atoms with Crippen LogP contribution in [-0.4, -0.2) is 21.8 Å². The molecule has 4 rings (SSSR count). The highest BCUT2D eigenvalue weighted by Gasteiger charge is 2.30. The average molecular weight is 482 g/mol. The maximum absolute atomic E-state index is 12.9. The average Bonchev–Trinajstić information content (AvgIpc) is 3.21. The molecule has 34 heavy (non-hydrogen) atoms. The maximum atomic E-state index is 12.9. The summed E-state index contributed by atoms with van der Waals surface area (Å²) >= 11 is 1.20. The van der Waals surface area contributed by atoms with Gasteiger partial charge in [0.15, 0.2) is 0 Å². The standard InChI is InChI=1S/C24H17F3N4O2S/c1-14-20(34-23(29-14)19-10-2-3-11-28-19)22(33)31-17-8-4-6-15(12-17)21(32)30-18-9-5-7-16(13-18)24(25,26)27/h2-13H,1H3,(H,30,32)(H,31,33). The molecule has 0 atom stereocenters. The lowest BCUT2D eigenvalue weighted by Gasteiger charge is -2.11. The summed E-state index contributed by atoms with van der Waals surface area (Å²) < 4.78 is 38.7. The molecule has 172 valence electrons. The summed E-state index contributed by atoms with van der Waals surface area (Å²) in [5, 5.41) is 5.79. The highest BCUT2D eigenvalue weighted by molar-refractivity contribution is 7.17. The number of nitrogens with one attached hydrogen (secondary N) is 2. The van der Waals surface area contributed by atoms with Gasteiger partial charge in [0, 0.05) is 23.1 Å². The molecule has 0 fully saturated rings. The molecule has 0 unspecified atom stereocenters. The number of carbonyl (C=O) groups is 2. The van der Waals surface area contributed by atoms with Gasteiger partial charge in [-0.25, -0.2) is 4.98 Å². The van der Waals surface area contributed by atoms with Crippen molar-refractivity contribution in [2.24, 2.45) is 0 Å². The second-order valence-electron chi connectivity index (χ2n) is 7.22. The number of nitrogens with zero attached hydrogens (tertiary/aromatic N) is 2. The Hall–Kier alpha value is -4.05. The Morgan fingerprint density at radius 2 is 1.59 bits per heavy atom. The molecule has 0 aliphatic carbocycles. The monoisotopic (exact) mass is 482 g/mol. The van der Waals surface area contributed by atoms with Gasteiger partial charge in [0.1, 0.15) is 9.88 Å². The third kappa shape index (κ3) is 5.29. The van der Waals surface area contributed by atoms with E-state index in [1.807, 2.05) is 6.07 Å². The number of aromatic nitrogens is 2. The van der Waals surface area contributed by atoms with Gasteiger partial charge in [-0.2, -0.15) is 13.2 Å². The van der Waals surface area contributed by atoms with Crippen LogP contribution in [0.4, 0.5) is 24.5 Å². The number of anilines is 2. The lowest BCUT2D eigenvalue weighted by atomic mass is 10.1. The number of thiazole rings is 1. The molecule has 2 N–H and O–H groups in total. The number of rotatable bonds is 5. The van der Waals surface area contributed by atoms with Crippen molar-refractivity contribution in [1.29, 1.82) is 0 Å². The van der Waals surface area contributed by atoms with E-state index in [0.29, 0.717) is 27.0 Å². The van der Waals surface area contributed by atoms with E-state index in [2.05, 4.69) is 20.6 Å². The van der Waals surface area contributed by atoms with Crippen molar-refractivity contribution in [3.05, 3.63) is 94.6 Å². The van der Waals surface area contributed by atoms with E-state index in [1.165, 1.54) is 35.6 Å². The molecule has 2 aromatic carbocycles. The molecule has 2 amide bonds. The summed E-state index contributed by atoms with van der Waals surface area (Å²) in [6.07, 6.45) is -2.88. The van der Waals surface area contributed by atoms with Gasteiger partial charge < -0.3 is 10.6 Å². The van der Waals surface area contributed by atoms with E-state index in [4.69, 9.17) is 0 Å². The molecule has 6 nitrogen and oxygen atoms in total. The highest BCUT2D eigenvalue weighted by atomic mass is 32.1. The third-order valence-electron chi connectivity index (χ3n) is 4.72. The molecule has 2 heterocycles. The lowest BCUT2D eigenvalue weighted by molar-refractivity contribution is -0.137. The number of carbonyl (C=O) groups excluding carboxylic acids is 2. The summed E-state index contributed by atoms with van der Waals surface area (Å²) in [6.45, 7) is 1.72. The first-order chi connectivity index (χ1) is 16.2. The summed E-state index contributed by atoms with van der Waals surface area (Å²) in [5.41, 5.74) is 0.872. The van der Waals surface area contributed by atoms with Crippen molar-refractivity contribution in [3.8, 4) is 10.7 Å². The van der Waals surface area contributed by atoms with Crippen molar-refractivity contribution in [2.45, 2.75) is 13.1 Å². The predicted molar refractivity (Wildman–Crippen MR) is 124 cm³/mol. The normalized spacial score (nSPS) is 11.2. The van der Waals surface area contributed by atoms with E-state index in [0.717, 1.165) is 12.1 Å². The Balaban J connectivity index is 1.48. The molecular weight excluding hydrogens is 465 g/mol. The van der Waals surface area contributed by atoms with Crippen molar-refractivity contribution >= 4 is 34.5 Å². The smallest absolute Gasteiger partial charge is 0.322 e. The summed E-state index contributed by atoms with van der Waals surface area (Å²) in [5.74, 6) is -1.01. The van der Waals surface area contributed by atoms with Gasteiger partial charge in [-0.15, -0.1) is 11.3 Å². The predicted octanol–water partition coefficient (Wildman–Crippen LogP) is 6.04. The summed E-state index contributed by atoms with van der Waals surface area (Å²) in [6, 6.07) is 15.9. The Bertz CT molecular complexity index is 1350. The van der Waals surface area contributed by atoms with Crippen LogP contribution in [-0.2, 0) is 6.18 Å². The van der Waals surface area contributed by atoms with Crippen LogP contribution in [0.2, 0.25) is 0 Å². The van der Waals surface area contributed by atoms with Crippen LogP contribution in [0, 0.1) is 6.92 Å². The summed E-state index contributed by atoms with van der Waals surface area (Å²) in [4.78, 5) is 34.4. The number of amides is 2. The molecule has 2 aromatic heterocycles. The van der Waals surface area contributed by atoms with Crippen molar-refractivity contribution in [1.82, 2.24) is 9.97 Å². The van der Waals surface area contributed by atoms with Crippen LogP contribution >= 0.6 is 11.3 Å². The SMILES string of the molecule is Cc1nc(-c2ccccn2)sc1C(=O)Nc1cccc(C(=O)Nc2cccc(C(F)(F)F)c2)c1. The number of pyridine rings is 1. The molecule has 0 saturated carbocycles. The van der Waals surface area contributed by atoms with E-state index >= 15 is 0 Å². The zero-order valence-electron chi connectivity index (χ0n) is 17.7. The maximum Gasteiger partial charge on any atom is 0.416 e. The van der Waals surface area contributed by atoms with Crippen LogP contribution < -0.4 is 10.6 Å². The van der Waals surface area contributed by atoms with E-state index in [-0.39, 0.29) is 11.3 Å². The molecule has 0 spiro atoms. The third-order valence-corrected chi connectivity index (χ3v) is 5.90. The Labute approximate surface area is 196 Å². The second kappa shape index (κ2) is 9.44. The number of hydrogen-bond donors (Lipinski definition) is 2. The molecule has 4 aromatic rings. The zero-order chi connectivity index (χ0) is 24.3. The lowest BCUT2D eigenvalue weighted by Crippen LogP contribution is -2.15. The van der Waals surface area contributed by atoms with Gasteiger partial charge in [-0.05, 0) is 55.5 Å². The fourth-order valence-electron chi connectivity index (χ4n) is 3.11. The van der Waals surface area contributed by atoms with Crippen LogP contribution in [0.1, 0.15) is 31.3 Å². The van der Waals surface area contributed by atoms with Gasteiger partial charge in [-0.1, -0.05) is 18.2 Å². The van der Waals surface area contributed by atoms with E-state index < -0.39 is 23.6 Å². The fourth-order valence-corrected chi connectivity index (χ4v) is 4.05. The topological polar surface area (TPSA) is 84.0 Å². The molecule has 0 aliphatic heterocycles. The number of benzene rings is 2. The summed E-state index contributed by atoms with van der Waals surface area (Å²) in [7, 11) is 0. The van der Waals surface area contributed by atoms with Crippen LogP contribution in [0.3, 0.4) is 0 Å². The quantitative estimate of drug-likeness (QED) is 0.363. The van der Waals surface area contributed by atoms with Gasteiger partial charge in [0.25, 0.3) is 11.8 Å². The number of hydrogen-bond acceptors (Lipinski definition) is 5. The van der Waals surface area contributed by atoms with Crippen LogP contribution in [0.25, 0.3) is 10.7 Å². The second-order valence-corrected chi connectivity index (χ2v) is 8.22. The molecule has 10 heteroatoms. The minimum atomic E-state index is -4.52. The molecule has 0 saturated heterocycles. The first kappa shape index (κ1) is 23.1. The van der Waals surface area contributed by atoms with Gasteiger partial charge in [-0.3, -0.25) is 14.6 Å². The number of halogens is 3. The van der Waals surface area contributed by atoms with Crippen molar-refractivity contribution < 1.29 is 22.8 Å². The molecule has 0 radical (unpaired) electrons. The fraction of sp³-hybridized carbons (Fsp3) is 0.0833. The van der Waals surface area contributed by atoms with Gasteiger partial charge in [0.2, 0.25) is 0 Å². The Morgan fingerprint density at radius 1 is 0.882 bits per heavy atom. The minimum absolute atomic E-state index is 0.0107.